The Hall–Kier alpha value is -1.52. The number of carbonyl (C=O) groups is 2. The van der Waals surface area contributed by atoms with Crippen molar-refractivity contribution in [3.8, 4) is 0 Å². The van der Waals surface area contributed by atoms with Crippen LogP contribution in [0.15, 0.2) is 12.7 Å². The van der Waals surface area contributed by atoms with Gasteiger partial charge in [-0.05, 0) is 13.8 Å². The van der Waals surface area contributed by atoms with Crippen molar-refractivity contribution in [3.63, 3.8) is 0 Å². The molecular formula is C10H18N2O3. The lowest BCUT2D eigenvalue weighted by Gasteiger charge is -2.29. The van der Waals surface area contributed by atoms with Gasteiger partial charge in [0.05, 0.1) is 0 Å². The number of aliphatic carboxylic acids is 1. The average molecular weight is 214 g/mol. The first-order chi connectivity index (χ1) is 6.90. The van der Waals surface area contributed by atoms with E-state index in [2.05, 4.69) is 6.58 Å². The first-order valence-corrected chi connectivity index (χ1v) is 4.74. The molecule has 0 spiro atoms. The Kier molecular flexibility index (Phi) is 5.44. The van der Waals surface area contributed by atoms with E-state index in [9.17, 15) is 9.59 Å². The fourth-order valence-electron chi connectivity index (χ4n) is 1.11. The molecule has 0 aromatic heterocycles. The van der Waals surface area contributed by atoms with Crippen LogP contribution in [0.1, 0.15) is 13.8 Å². The SMILES string of the molecule is C=CCN(C)C(=O)N(CC(=O)O)C(C)C. The lowest BCUT2D eigenvalue weighted by atomic mass is 10.3. The van der Waals surface area contributed by atoms with Gasteiger partial charge in [-0.2, -0.15) is 0 Å². The zero-order valence-corrected chi connectivity index (χ0v) is 9.43. The van der Waals surface area contributed by atoms with Crippen LogP contribution in [0.4, 0.5) is 4.79 Å². The molecule has 1 N–H and O–H groups in total. The second-order valence-corrected chi connectivity index (χ2v) is 3.57. The zero-order chi connectivity index (χ0) is 12.0. The van der Waals surface area contributed by atoms with E-state index >= 15 is 0 Å². The van der Waals surface area contributed by atoms with E-state index in [4.69, 9.17) is 5.11 Å². The van der Waals surface area contributed by atoms with E-state index in [0.29, 0.717) is 6.54 Å². The average Bonchev–Trinajstić information content (AvgIpc) is 2.12. The van der Waals surface area contributed by atoms with E-state index in [1.54, 1.807) is 27.0 Å². The topological polar surface area (TPSA) is 60.9 Å². The quantitative estimate of drug-likeness (QED) is 0.695. The van der Waals surface area contributed by atoms with E-state index in [1.165, 1.54) is 9.80 Å². The third-order valence-electron chi connectivity index (χ3n) is 1.90. The zero-order valence-electron chi connectivity index (χ0n) is 9.43. The number of hydrogen-bond donors (Lipinski definition) is 1. The fourth-order valence-corrected chi connectivity index (χ4v) is 1.11. The molecule has 0 bridgehead atoms. The molecule has 0 rings (SSSR count). The summed E-state index contributed by atoms with van der Waals surface area (Å²) in [5, 5.41) is 8.66. The largest absolute Gasteiger partial charge is 0.480 e. The predicted molar refractivity (Wildman–Crippen MR) is 57.7 cm³/mol. The molecule has 0 unspecified atom stereocenters. The third kappa shape index (κ3) is 4.49. The van der Waals surface area contributed by atoms with Crippen LogP contribution in [0, 0.1) is 0 Å². The summed E-state index contributed by atoms with van der Waals surface area (Å²) in [6, 6.07) is -0.437. The number of amides is 2. The van der Waals surface area contributed by atoms with Crippen molar-refractivity contribution in [1.29, 1.82) is 0 Å². The predicted octanol–water partition coefficient (Wildman–Crippen LogP) is 1.02. The van der Waals surface area contributed by atoms with Crippen molar-refractivity contribution in [1.82, 2.24) is 9.80 Å². The molecule has 0 aromatic carbocycles. The van der Waals surface area contributed by atoms with Gasteiger partial charge >= 0.3 is 12.0 Å². The summed E-state index contributed by atoms with van der Waals surface area (Å²) in [5.74, 6) is -1.01. The number of rotatable bonds is 5. The van der Waals surface area contributed by atoms with E-state index in [0.717, 1.165) is 0 Å². The minimum Gasteiger partial charge on any atom is -0.480 e. The molecule has 2 amide bonds. The normalized spacial score (nSPS) is 9.87. The second-order valence-electron chi connectivity index (χ2n) is 3.57. The molecule has 0 fully saturated rings. The van der Waals surface area contributed by atoms with E-state index < -0.39 is 5.97 Å². The minimum atomic E-state index is -1.01. The van der Waals surface area contributed by atoms with Crippen LogP contribution in [0.2, 0.25) is 0 Å². The molecule has 0 atom stereocenters. The van der Waals surface area contributed by atoms with Crippen molar-refractivity contribution in [2.45, 2.75) is 19.9 Å². The Bertz CT molecular complexity index is 251. The van der Waals surface area contributed by atoms with Gasteiger partial charge in [0.15, 0.2) is 0 Å². The molecule has 86 valence electrons. The molecule has 0 aliphatic carbocycles. The molecule has 5 heteroatoms. The number of carboxylic acid groups (broad SMARTS) is 1. The maximum absolute atomic E-state index is 11.8. The Morgan fingerprint density at radius 2 is 2.00 bits per heavy atom. The number of likely N-dealkylation sites (N-methyl/N-ethyl adjacent to an activating group) is 1. The number of urea groups is 1. The Morgan fingerprint density at radius 1 is 1.47 bits per heavy atom. The molecule has 0 saturated heterocycles. The number of carbonyl (C=O) groups excluding carboxylic acids is 1. The summed E-state index contributed by atoms with van der Waals surface area (Å²) in [6.45, 7) is 7.20. The van der Waals surface area contributed by atoms with Gasteiger partial charge in [0.2, 0.25) is 0 Å². The summed E-state index contributed by atoms with van der Waals surface area (Å²) < 4.78 is 0. The van der Waals surface area contributed by atoms with Crippen molar-refractivity contribution in [3.05, 3.63) is 12.7 Å². The summed E-state index contributed by atoms with van der Waals surface area (Å²) in [6.07, 6.45) is 1.59. The van der Waals surface area contributed by atoms with Crippen molar-refractivity contribution < 1.29 is 14.7 Å². The summed E-state index contributed by atoms with van der Waals surface area (Å²) in [4.78, 5) is 25.0. The van der Waals surface area contributed by atoms with Crippen LogP contribution in [0.3, 0.4) is 0 Å². The van der Waals surface area contributed by atoms with Crippen LogP contribution in [0.25, 0.3) is 0 Å². The maximum Gasteiger partial charge on any atom is 0.323 e. The van der Waals surface area contributed by atoms with Crippen LogP contribution >= 0.6 is 0 Å². The second kappa shape index (κ2) is 6.06. The van der Waals surface area contributed by atoms with Gasteiger partial charge in [-0.15, -0.1) is 6.58 Å². The highest BCUT2D eigenvalue weighted by Crippen LogP contribution is 2.03. The fraction of sp³-hybridized carbons (Fsp3) is 0.600. The van der Waals surface area contributed by atoms with Crippen LogP contribution < -0.4 is 0 Å². The van der Waals surface area contributed by atoms with Crippen LogP contribution in [0.5, 0.6) is 0 Å². The summed E-state index contributed by atoms with van der Waals surface area (Å²) in [5.41, 5.74) is 0. The van der Waals surface area contributed by atoms with E-state index in [-0.39, 0.29) is 18.6 Å². The Labute approximate surface area is 90.0 Å². The molecule has 5 nitrogen and oxygen atoms in total. The first-order valence-electron chi connectivity index (χ1n) is 4.74. The number of nitrogens with zero attached hydrogens (tertiary/aromatic N) is 2. The molecule has 0 saturated carbocycles. The summed E-state index contributed by atoms with van der Waals surface area (Å²) in [7, 11) is 1.61. The molecule has 0 heterocycles. The lowest BCUT2D eigenvalue weighted by Crippen LogP contribution is -2.47. The Morgan fingerprint density at radius 3 is 2.33 bits per heavy atom. The van der Waals surface area contributed by atoms with Gasteiger partial charge in [-0.3, -0.25) is 4.79 Å². The highest BCUT2D eigenvalue weighted by Gasteiger charge is 2.22. The molecule has 15 heavy (non-hydrogen) atoms. The standard InChI is InChI=1S/C10H18N2O3/c1-5-6-11(4)10(15)12(8(2)3)7-9(13)14/h5,8H,1,6-7H2,2-4H3,(H,13,14). The molecule has 0 aromatic rings. The van der Waals surface area contributed by atoms with Crippen LogP contribution in [-0.4, -0.2) is 53.1 Å². The molecular weight excluding hydrogens is 196 g/mol. The van der Waals surface area contributed by atoms with Gasteiger partial charge in [0, 0.05) is 19.6 Å². The highest BCUT2D eigenvalue weighted by molar-refractivity contribution is 5.80. The smallest absolute Gasteiger partial charge is 0.323 e. The number of hydrogen-bond acceptors (Lipinski definition) is 2. The number of carboxylic acids is 1. The summed E-state index contributed by atoms with van der Waals surface area (Å²) >= 11 is 0. The minimum absolute atomic E-state index is 0.138. The van der Waals surface area contributed by atoms with Crippen molar-refractivity contribution >= 4 is 12.0 Å². The molecule has 0 aliphatic rings. The van der Waals surface area contributed by atoms with Gasteiger partial charge in [0.25, 0.3) is 0 Å². The maximum atomic E-state index is 11.8. The molecule has 0 aliphatic heterocycles. The highest BCUT2D eigenvalue weighted by atomic mass is 16.4. The Balaban J connectivity index is 4.54. The van der Waals surface area contributed by atoms with Gasteiger partial charge in [0.1, 0.15) is 6.54 Å². The van der Waals surface area contributed by atoms with Crippen molar-refractivity contribution in [2.24, 2.45) is 0 Å². The van der Waals surface area contributed by atoms with Gasteiger partial charge in [-0.1, -0.05) is 6.08 Å². The van der Waals surface area contributed by atoms with Gasteiger partial charge < -0.3 is 14.9 Å². The van der Waals surface area contributed by atoms with Crippen LogP contribution in [-0.2, 0) is 4.79 Å². The van der Waals surface area contributed by atoms with E-state index in [1.807, 2.05) is 0 Å². The molecule has 0 radical (unpaired) electrons. The van der Waals surface area contributed by atoms with Crippen molar-refractivity contribution in [2.75, 3.05) is 20.1 Å². The van der Waals surface area contributed by atoms with Gasteiger partial charge in [-0.25, -0.2) is 4.79 Å². The lowest BCUT2D eigenvalue weighted by molar-refractivity contribution is -0.138. The first kappa shape index (κ1) is 13.5. The monoisotopic (exact) mass is 214 g/mol. The third-order valence-corrected chi connectivity index (χ3v) is 1.90.